The molecule has 0 saturated carbocycles. The van der Waals surface area contributed by atoms with E-state index >= 15 is 0 Å². The first-order valence-electron chi connectivity index (χ1n) is 10.9. The lowest BCUT2D eigenvalue weighted by Gasteiger charge is -2.11. The van der Waals surface area contributed by atoms with Gasteiger partial charge in [0.25, 0.3) is 0 Å². The maximum Gasteiger partial charge on any atom is 0.248 e. The van der Waals surface area contributed by atoms with Crippen LogP contribution in [-0.2, 0) is 19.4 Å². The van der Waals surface area contributed by atoms with Crippen molar-refractivity contribution in [2.45, 2.75) is 19.4 Å². The van der Waals surface area contributed by atoms with Crippen molar-refractivity contribution in [1.82, 2.24) is 9.13 Å². The third kappa shape index (κ3) is 5.32. The Bertz CT molecular complexity index is 1330. The molecule has 0 bridgehead atoms. The predicted molar refractivity (Wildman–Crippen MR) is 139 cm³/mol. The fraction of sp³-hybridized carbons (Fsp3) is 0.154. The van der Waals surface area contributed by atoms with E-state index < -0.39 is 5.91 Å². The quantitative estimate of drug-likeness (QED) is 0.274. The van der Waals surface area contributed by atoms with Gasteiger partial charge in [-0.15, -0.1) is 0 Å². The van der Waals surface area contributed by atoms with Crippen molar-refractivity contribution in [2.75, 3.05) is 11.9 Å². The van der Waals surface area contributed by atoms with E-state index in [1.807, 2.05) is 71.3 Å². The third-order valence-electron chi connectivity index (χ3n) is 5.63. The van der Waals surface area contributed by atoms with Crippen LogP contribution in [-0.4, -0.2) is 26.7 Å². The molecule has 1 heterocycles. The molecular weight excluding hydrogens is 468 g/mol. The number of halogens is 1. The average molecular weight is 493 g/mol. The number of primary amides is 1. The number of nitrogens with one attached hydrogen (secondary N) is 1. The van der Waals surface area contributed by atoms with Crippen LogP contribution < -0.4 is 11.1 Å². The molecule has 4 N–H and O–H groups in total. The van der Waals surface area contributed by atoms with Crippen LogP contribution in [0.2, 0.25) is 5.02 Å². The number of para-hydroxylation sites is 1. The SMILES string of the molecule is NC(=O)c1ccc(NCCc2c(O)n(-c3ccccc3)c(=S)n2CCc2ccc(Cl)cc2)cc1. The number of hydrogen-bond donors (Lipinski definition) is 3. The normalized spacial score (nSPS) is 10.9. The van der Waals surface area contributed by atoms with E-state index in [9.17, 15) is 9.90 Å². The van der Waals surface area contributed by atoms with E-state index in [1.165, 1.54) is 0 Å². The number of hydrogen-bond acceptors (Lipinski definition) is 4. The second-order valence-electron chi connectivity index (χ2n) is 7.87. The van der Waals surface area contributed by atoms with Crippen molar-refractivity contribution >= 4 is 35.4 Å². The van der Waals surface area contributed by atoms with E-state index in [0.717, 1.165) is 29.1 Å². The monoisotopic (exact) mass is 492 g/mol. The molecule has 0 atom stereocenters. The number of benzene rings is 3. The minimum atomic E-state index is -0.460. The number of carbonyl (C=O) groups excluding carboxylic acids is 1. The van der Waals surface area contributed by atoms with Gasteiger partial charge in [-0.2, -0.15) is 0 Å². The van der Waals surface area contributed by atoms with Crippen LogP contribution in [0.1, 0.15) is 21.6 Å². The highest BCUT2D eigenvalue weighted by molar-refractivity contribution is 7.71. The van der Waals surface area contributed by atoms with Gasteiger partial charge in [-0.25, -0.2) is 0 Å². The van der Waals surface area contributed by atoms with Crippen LogP contribution in [0.4, 0.5) is 5.69 Å². The van der Waals surface area contributed by atoms with Crippen molar-refractivity contribution in [3.8, 4) is 11.6 Å². The van der Waals surface area contributed by atoms with Gasteiger partial charge in [0.05, 0.1) is 11.4 Å². The molecule has 0 aliphatic carbocycles. The summed E-state index contributed by atoms with van der Waals surface area (Å²) >= 11 is 11.8. The van der Waals surface area contributed by atoms with Crippen molar-refractivity contribution < 1.29 is 9.90 Å². The molecule has 0 saturated heterocycles. The Hall–Kier alpha value is -3.55. The molecule has 0 aliphatic heterocycles. The summed E-state index contributed by atoms with van der Waals surface area (Å²) in [4.78, 5) is 11.3. The molecule has 1 aromatic heterocycles. The Labute approximate surface area is 208 Å². The van der Waals surface area contributed by atoms with Gasteiger partial charge in [-0.1, -0.05) is 41.9 Å². The standard InChI is InChI=1S/C26H25ClN4O2S/c27-20-10-6-18(7-11-20)15-17-30-23(14-16-29-21-12-8-19(9-13-21)24(28)32)25(33)31(26(30)34)22-4-2-1-3-5-22/h1-13,29,33H,14-17H2,(H2,28,32). The van der Waals surface area contributed by atoms with Gasteiger partial charge < -0.3 is 20.7 Å². The van der Waals surface area contributed by atoms with E-state index in [0.29, 0.717) is 34.9 Å². The summed E-state index contributed by atoms with van der Waals surface area (Å²) < 4.78 is 4.23. The second-order valence-corrected chi connectivity index (χ2v) is 8.67. The van der Waals surface area contributed by atoms with Crippen molar-refractivity contribution in [2.24, 2.45) is 5.73 Å². The highest BCUT2D eigenvalue weighted by atomic mass is 35.5. The topological polar surface area (TPSA) is 85.2 Å². The Morgan fingerprint density at radius 1 is 0.971 bits per heavy atom. The summed E-state index contributed by atoms with van der Waals surface area (Å²) in [6, 6.07) is 24.3. The maximum atomic E-state index is 11.3. The Balaban J connectivity index is 1.57. The zero-order valence-corrected chi connectivity index (χ0v) is 20.0. The van der Waals surface area contributed by atoms with Crippen LogP contribution in [0, 0.1) is 4.77 Å². The molecule has 0 unspecified atom stereocenters. The lowest BCUT2D eigenvalue weighted by molar-refractivity contribution is 0.100. The highest BCUT2D eigenvalue weighted by Crippen LogP contribution is 2.27. The lowest BCUT2D eigenvalue weighted by Crippen LogP contribution is -2.12. The summed E-state index contributed by atoms with van der Waals surface area (Å²) in [5.74, 6) is -0.323. The predicted octanol–water partition coefficient (Wildman–Crippen LogP) is 5.36. The molecule has 0 spiro atoms. The molecule has 0 fully saturated rings. The number of amides is 1. The van der Waals surface area contributed by atoms with E-state index in [4.69, 9.17) is 29.6 Å². The molecule has 4 aromatic rings. The van der Waals surface area contributed by atoms with Gasteiger partial charge in [-0.05, 0) is 72.7 Å². The summed E-state index contributed by atoms with van der Waals surface area (Å²) in [5.41, 5.74) is 9.33. The Morgan fingerprint density at radius 2 is 1.65 bits per heavy atom. The minimum Gasteiger partial charge on any atom is -0.493 e. The van der Waals surface area contributed by atoms with Crippen molar-refractivity contribution in [3.05, 3.63) is 105 Å². The number of aromatic nitrogens is 2. The second kappa shape index (κ2) is 10.6. The first-order chi connectivity index (χ1) is 16.4. The third-order valence-corrected chi connectivity index (χ3v) is 6.28. The first kappa shape index (κ1) is 23.6. The number of rotatable bonds is 9. The van der Waals surface area contributed by atoms with Crippen LogP contribution in [0.5, 0.6) is 5.88 Å². The zero-order chi connectivity index (χ0) is 24.1. The van der Waals surface area contributed by atoms with Crippen LogP contribution in [0.15, 0.2) is 78.9 Å². The lowest BCUT2D eigenvalue weighted by atomic mass is 10.1. The molecule has 4 rings (SSSR count). The largest absolute Gasteiger partial charge is 0.493 e. The fourth-order valence-corrected chi connectivity index (χ4v) is 4.35. The Kier molecular flexibility index (Phi) is 7.35. The van der Waals surface area contributed by atoms with Crippen molar-refractivity contribution in [3.63, 3.8) is 0 Å². The molecule has 6 nitrogen and oxygen atoms in total. The number of aromatic hydroxyl groups is 1. The van der Waals surface area contributed by atoms with Gasteiger partial charge in [-0.3, -0.25) is 9.36 Å². The van der Waals surface area contributed by atoms with Gasteiger partial charge in [0.15, 0.2) is 4.77 Å². The van der Waals surface area contributed by atoms with Gasteiger partial charge >= 0.3 is 0 Å². The number of nitrogens with zero attached hydrogens (tertiary/aromatic N) is 2. The molecule has 3 aromatic carbocycles. The van der Waals surface area contributed by atoms with Crippen LogP contribution in [0.25, 0.3) is 5.69 Å². The number of nitrogens with two attached hydrogens (primary N) is 1. The van der Waals surface area contributed by atoms with Crippen molar-refractivity contribution in [1.29, 1.82) is 0 Å². The first-order valence-corrected chi connectivity index (χ1v) is 11.7. The van der Waals surface area contributed by atoms with Gasteiger partial charge in [0, 0.05) is 35.8 Å². The minimum absolute atomic E-state index is 0.137. The number of aryl methyl sites for hydroxylation is 1. The fourth-order valence-electron chi connectivity index (χ4n) is 3.83. The highest BCUT2D eigenvalue weighted by Gasteiger charge is 2.18. The summed E-state index contributed by atoms with van der Waals surface area (Å²) in [6.45, 7) is 1.19. The Morgan fingerprint density at radius 3 is 2.29 bits per heavy atom. The molecule has 34 heavy (non-hydrogen) atoms. The summed E-state index contributed by atoms with van der Waals surface area (Å²) in [7, 11) is 0. The molecule has 0 aliphatic rings. The molecule has 174 valence electrons. The number of imidazole rings is 1. The molecular formula is C26H25ClN4O2S. The summed E-state index contributed by atoms with van der Waals surface area (Å²) in [6.07, 6.45) is 1.30. The molecule has 1 amide bonds. The van der Waals surface area contributed by atoms with Gasteiger partial charge in [0.1, 0.15) is 0 Å². The molecule has 8 heteroatoms. The zero-order valence-electron chi connectivity index (χ0n) is 18.4. The number of anilines is 1. The smallest absolute Gasteiger partial charge is 0.248 e. The van der Waals surface area contributed by atoms with Gasteiger partial charge in [0.2, 0.25) is 11.8 Å². The average Bonchev–Trinajstić information content (AvgIpc) is 3.08. The van der Waals surface area contributed by atoms with E-state index in [1.54, 1.807) is 16.7 Å². The summed E-state index contributed by atoms with van der Waals surface area (Å²) in [5, 5.41) is 15.2. The van der Waals surface area contributed by atoms with Crippen LogP contribution >= 0.6 is 23.8 Å². The number of carbonyl (C=O) groups is 1. The van der Waals surface area contributed by atoms with E-state index in [-0.39, 0.29) is 5.88 Å². The van der Waals surface area contributed by atoms with Crippen LogP contribution in [0.3, 0.4) is 0 Å². The maximum absolute atomic E-state index is 11.3. The molecule has 0 radical (unpaired) electrons. The van der Waals surface area contributed by atoms with E-state index in [2.05, 4.69) is 5.32 Å².